The first-order chi connectivity index (χ1) is 9.29. The quantitative estimate of drug-likeness (QED) is 0.736. The molecule has 0 spiro atoms. The fourth-order valence-corrected chi connectivity index (χ4v) is 2.21. The molecule has 104 valence electrons. The Bertz CT molecular complexity index is 396. The Hall–Kier alpha value is -1.39. The Balaban J connectivity index is 1.73. The molecule has 0 aliphatic carbocycles. The summed E-state index contributed by atoms with van der Waals surface area (Å²) in [5.41, 5.74) is 0.766. The highest BCUT2D eigenvalue weighted by Gasteiger charge is 2.11. The third kappa shape index (κ3) is 4.33. The van der Waals surface area contributed by atoms with Gasteiger partial charge in [0, 0.05) is 25.1 Å². The molecular formula is C15H21NO3. The van der Waals surface area contributed by atoms with Gasteiger partial charge in [0.2, 0.25) is 0 Å². The predicted molar refractivity (Wildman–Crippen MR) is 73.8 cm³/mol. The highest BCUT2D eigenvalue weighted by atomic mass is 16.5. The highest BCUT2D eigenvalue weighted by molar-refractivity contribution is 5.96. The van der Waals surface area contributed by atoms with Crippen LogP contribution >= 0.6 is 0 Å². The summed E-state index contributed by atoms with van der Waals surface area (Å²) in [6, 6.07) is 7.32. The van der Waals surface area contributed by atoms with E-state index in [1.807, 2.05) is 24.3 Å². The zero-order valence-corrected chi connectivity index (χ0v) is 11.4. The molecule has 0 aromatic heterocycles. The zero-order valence-electron chi connectivity index (χ0n) is 11.4. The minimum absolute atomic E-state index is 0.205. The molecule has 19 heavy (non-hydrogen) atoms. The number of methoxy groups -OCH3 is 1. The monoisotopic (exact) mass is 263 g/mol. The molecule has 2 rings (SSSR count). The molecule has 1 saturated heterocycles. The summed E-state index contributed by atoms with van der Waals surface area (Å²) in [4.78, 5) is 14.4. The van der Waals surface area contributed by atoms with Crippen LogP contribution in [-0.2, 0) is 4.74 Å². The van der Waals surface area contributed by atoms with Gasteiger partial charge in [-0.15, -0.1) is 0 Å². The van der Waals surface area contributed by atoms with E-state index in [-0.39, 0.29) is 5.78 Å². The van der Waals surface area contributed by atoms with Crippen LogP contribution in [0.5, 0.6) is 5.75 Å². The average molecular weight is 263 g/mol. The van der Waals surface area contributed by atoms with Crippen molar-refractivity contribution in [1.82, 2.24) is 4.90 Å². The van der Waals surface area contributed by atoms with Crippen molar-refractivity contribution in [1.29, 1.82) is 0 Å². The van der Waals surface area contributed by atoms with Crippen LogP contribution < -0.4 is 4.74 Å². The van der Waals surface area contributed by atoms with Gasteiger partial charge >= 0.3 is 0 Å². The Morgan fingerprint density at radius 1 is 1.26 bits per heavy atom. The van der Waals surface area contributed by atoms with E-state index in [1.165, 1.54) is 0 Å². The fourth-order valence-electron chi connectivity index (χ4n) is 2.21. The van der Waals surface area contributed by atoms with Gasteiger partial charge in [0.05, 0.1) is 20.3 Å². The summed E-state index contributed by atoms with van der Waals surface area (Å²) < 4.78 is 10.4. The van der Waals surface area contributed by atoms with Crippen LogP contribution in [0.3, 0.4) is 0 Å². The molecule has 0 saturated carbocycles. The van der Waals surface area contributed by atoms with Gasteiger partial charge in [0.25, 0.3) is 0 Å². The van der Waals surface area contributed by atoms with Gasteiger partial charge < -0.3 is 9.47 Å². The van der Waals surface area contributed by atoms with E-state index < -0.39 is 0 Å². The van der Waals surface area contributed by atoms with E-state index in [9.17, 15) is 4.79 Å². The summed E-state index contributed by atoms with van der Waals surface area (Å²) >= 11 is 0. The molecule has 1 fully saturated rings. The molecule has 1 heterocycles. The zero-order chi connectivity index (χ0) is 13.5. The van der Waals surface area contributed by atoms with Gasteiger partial charge in [0.1, 0.15) is 5.75 Å². The van der Waals surface area contributed by atoms with Crippen LogP contribution in [0.1, 0.15) is 23.2 Å². The van der Waals surface area contributed by atoms with Crippen molar-refractivity contribution in [2.24, 2.45) is 0 Å². The lowest BCUT2D eigenvalue weighted by atomic mass is 10.1. The lowest BCUT2D eigenvalue weighted by Crippen LogP contribution is -2.36. The van der Waals surface area contributed by atoms with Gasteiger partial charge in [-0.2, -0.15) is 0 Å². The minimum atomic E-state index is 0.205. The number of Topliss-reactive ketones (excluding diaryl/α,β-unsaturated/α-hetero) is 1. The topological polar surface area (TPSA) is 38.8 Å². The largest absolute Gasteiger partial charge is 0.497 e. The van der Waals surface area contributed by atoms with Crippen molar-refractivity contribution in [2.45, 2.75) is 12.8 Å². The second-order valence-electron chi connectivity index (χ2n) is 4.71. The second-order valence-corrected chi connectivity index (χ2v) is 4.71. The van der Waals surface area contributed by atoms with Crippen LogP contribution in [0.2, 0.25) is 0 Å². The molecule has 0 amide bonds. The van der Waals surface area contributed by atoms with E-state index in [0.29, 0.717) is 6.42 Å². The number of hydrogen-bond donors (Lipinski definition) is 0. The molecule has 0 atom stereocenters. The number of carbonyl (C=O) groups excluding carboxylic acids is 1. The third-order valence-corrected chi connectivity index (χ3v) is 3.39. The van der Waals surface area contributed by atoms with Crippen molar-refractivity contribution in [3.05, 3.63) is 29.8 Å². The number of nitrogens with zero attached hydrogens (tertiary/aromatic N) is 1. The lowest BCUT2D eigenvalue weighted by molar-refractivity contribution is 0.0371. The Labute approximate surface area is 114 Å². The number of ether oxygens (including phenoxy) is 2. The second kappa shape index (κ2) is 7.26. The van der Waals surface area contributed by atoms with Gasteiger partial charge in [-0.3, -0.25) is 9.69 Å². The van der Waals surface area contributed by atoms with Crippen molar-refractivity contribution in [3.63, 3.8) is 0 Å². The molecule has 1 aromatic carbocycles. The number of hydrogen-bond acceptors (Lipinski definition) is 4. The summed E-state index contributed by atoms with van der Waals surface area (Å²) in [6.45, 7) is 4.57. The van der Waals surface area contributed by atoms with Crippen LogP contribution in [0.4, 0.5) is 0 Å². The smallest absolute Gasteiger partial charge is 0.162 e. The van der Waals surface area contributed by atoms with Crippen LogP contribution in [0.25, 0.3) is 0 Å². The van der Waals surface area contributed by atoms with E-state index in [0.717, 1.165) is 50.6 Å². The maximum atomic E-state index is 12.0. The normalized spacial score (nSPS) is 16.3. The predicted octanol–water partition coefficient (Wildman–Crippen LogP) is 1.99. The number of rotatable bonds is 6. The highest BCUT2D eigenvalue weighted by Crippen LogP contribution is 2.13. The van der Waals surface area contributed by atoms with E-state index in [1.54, 1.807) is 7.11 Å². The fraction of sp³-hybridized carbons (Fsp3) is 0.533. The van der Waals surface area contributed by atoms with Crippen LogP contribution in [0.15, 0.2) is 24.3 Å². The molecule has 4 heteroatoms. The van der Waals surface area contributed by atoms with E-state index >= 15 is 0 Å². The molecule has 0 N–H and O–H groups in total. The van der Waals surface area contributed by atoms with E-state index in [4.69, 9.17) is 9.47 Å². The number of ketones is 1. The summed E-state index contributed by atoms with van der Waals surface area (Å²) in [5, 5.41) is 0. The van der Waals surface area contributed by atoms with Gasteiger partial charge in [-0.1, -0.05) is 0 Å². The molecule has 4 nitrogen and oxygen atoms in total. The van der Waals surface area contributed by atoms with Gasteiger partial charge in [-0.05, 0) is 37.2 Å². The van der Waals surface area contributed by atoms with Crippen LogP contribution in [0, 0.1) is 0 Å². The Morgan fingerprint density at radius 3 is 2.58 bits per heavy atom. The SMILES string of the molecule is COc1ccc(C(=O)CCCN2CCOCC2)cc1. The van der Waals surface area contributed by atoms with Gasteiger partial charge in [0.15, 0.2) is 5.78 Å². The molecule has 1 aromatic rings. The Kier molecular flexibility index (Phi) is 5.36. The van der Waals surface area contributed by atoms with E-state index in [2.05, 4.69) is 4.90 Å². The first-order valence-electron chi connectivity index (χ1n) is 6.77. The number of morpholine rings is 1. The standard InChI is InChI=1S/C15H21NO3/c1-18-14-6-4-13(5-7-14)15(17)3-2-8-16-9-11-19-12-10-16/h4-7H,2-3,8-12H2,1H3. The van der Waals surface area contributed by atoms with Crippen LogP contribution in [-0.4, -0.2) is 50.6 Å². The molecular weight excluding hydrogens is 242 g/mol. The molecule has 0 radical (unpaired) electrons. The van der Waals surface area contributed by atoms with Crippen molar-refractivity contribution >= 4 is 5.78 Å². The maximum Gasteiger partial charge on any atom is 0.162 e. The summed E-state index contributed by atoms with van der Waals surface area (Å²) in [5.74, 6) is 0.987. The van der Waals surface area contributed by atoms with Crippen molar-refractivity contribution < 1.29 is 14.3 Å². The molecule has 1 aliphatic heterocycles. The number of carbonyl (C=O) groups is 1. The van der Waals surface area contributed by atoms with Crippen molar-refractivity contribution in [3.8, 4) is 5.75 Å². The Morgan fingerprint density at radius 2 is 1.95 bits per heavy atom. The maximum absolute atomic E-state index is 12.0. The average Bonchev–Trinajstić information content (AvgIpc) is 2.48. The molecule has 0 unspecified atom stereocenters. The molecule has 0 bridgehead atoms. The summed E-state index contributed by atoms with van der Waals surface area (Å²) in [6.07, 6.45) is 1.51. The summed E-state index contributed by atoms with van der Waals surface area (Å²) in [7, 11) is 1.62. The molecule has 1 aliphatic rings. The van der Waals surface area contributed by atoms with Crippen molar-refractivity contribution in [2.75, 3.05) is 40.0 Å². The minimum Gasteiger partial charge on any atom is -0.497 e. The third-order valence-electron chi connectivity index (χ3n) is 3.39. The first kappa shape index (κ1) is 14.0. The number of benzene rings is 1. The van der Waals surface area contributed by atoms with Gasteiger partial charge in [-0.25, -0.2) is 0 Å². The first-order valence-corrected chi connectivity index (χ1v) is 6.77. The lowest BCUT2D eigenvalue weighted by Gasteiger charge is -2.26.